The fourth-order valence-corrected chi connectivity index (χ4v) is 3.31. The van der Waals surface area contributed by atoms with Crippen LogP contribution in [0.1, 0.15) is 25.3 Å². The van der Waals surface area contributed by atoms with Crippen LogP contribution in [0.25, 0.3) is 0 Å². The second kappa shape index (κ2) is 10.9. The van der Waals surface area contributed by atoms with Gasteiger partial charge in [0, 0.05) is 22.7 Å². The molecular formula is C22H22INO6. The van der Waals surface area contributed by atoms with Gasteiger partial charge in [-0.2, -0.15) is 5.26 Å². The van der Waals surface area contributed by atoms with Crippen LogP contribution in [0, 0.1) is 14.9 Å². The average molecular weight is 523 g/mol. The number of methoxy groups -OCH3 is 2. The van der Waals surface area contributed by atoms with Gasteiger partial charge < -0.3 is 18.9 Å². The SMILES string of the molecule is COCOc1c(OC)cccc1C(C#N)(CCC(=O)Oc1ccc(I)cc1)C(C)=O. The summed E-state index contributed by atoms with van der Waals surface area (Å²) in [5, 5.41) is 10.00. The summed E-state index contributed by atoms with van der Waals surface area (Å²) in [7, 11) is 2.91. The van der Waals surface area contributed by atoms with Crippen LogP contribution < -0.4 is 14.2 Å². The number of benzene rings is 2. The second-order valence-corrected chi connectivity index (χ2v) is 7.63. The van der Waals surface area contributed by atoms with Crippen LogP contribution in [0.15, 0.2) is 42.5 Å². The number of Topliss-reactive ketones (excluding diaryl/α,β-unsaturated/α-hetero) is 1. The van der Waals surface area contributed by atoms with Crippen molar-refractivity contribution >= 4 is 34.3 Å². The van der Waals surface area contributed by atoms with Crippen LogP contribution in [0.5, 0.6) is 17.2 Å². The van der Waals surface area contributed by atoms with Crippen LogP contribution in [-0.2, 0) is 19.7 Å². The predicted molar refractivity (Wildman–Crippen MR) is 117 cm³/mol. The summed E-state index contributed by atoms with van der Waals surface area (Å²) in [5.74, 6) is 0.0229. The molecule has 0 aliphatic rings. The molecule has 1 atom stereocenters. The van der Waals surface area contributed by atoms with Crippen molar-refractivity contribution in [2.24, 2.45) is 0 Å². The molecular weight excluding hydrogens is 501 g/mol. The molecule has 1 unspecified atom stereocenters. The van der Waals surface area contributed by atoms with Gasteiger partial charge in [-0.25, -0.2) is 0 Å². The Balaban J connectivity index is 2.32. The van der Waals surface area contributed by atoms with E-state index in [2.05, 4.69) is 28.7 Å². The van der Waals surface area contributed by atoms with Gasteiger partial charge in [0.05, 0.1) is 13.2 Å². The Kier molecular flexibility index (Phi) is 8.62. The maximum absolute atomic E-state index is 12.6. The van der Waals surface area contributed by atoms with E-state index in [0.717, 1.165) is 3.57 Å². The molecule has 0 N–H and O–H groups in total. The van der Waals surface area contributed by atoms with Gasteiger partial charge in [0.1, 0.15) is 11.2 Å². The van der Waals surface area contributed by atoms with E-state index in [0.29, 0.717) is 17.1 Å². The summed E-state index contributed by atoms with van der Waals surface area (Å²) in [6.07, 6.45) is -0.210. The zero-order valence-corrected chi connectivity index (χ0v) is 19.1. The molecule has 0 fully saturated rings. The molecule has 0 amide bonds. The number of ketones is 1. The van der Waals surface area contributed by atoms with Crippen molar-refractivity contribution in [3.63, 3.8) is 0 Å². The van der Waals surface area contributed by atoms with Crippen molar-refractivity contribution in [3.8, 4) is 23.3 Å². The number of carbonyl (C=O) groups is 2. The van der Waals surface area contributed by atoms with Crippen LogP contribution in [0.3, 0.4) is 0 Å². The van der Waals surface area contributed by atoms with Crippen LogP contribution in [0.2, 0.25) is 0 Å². The number of halogens is 1. The van der Waals surface area contributed by atoms with Gasteiger partial charge in [0.25, 0.3) is 0 Å². The molecule has 8 heteroatoms. The van der Waals surface area contributed by atoms with Gasteiger partial charge in [0.2, 0.25) is 0 Å². The van der Waals surface area contributed by atoms with E-state index in [4.69, 9.17) is 18.9 Å². The summed E-state index contributed by atoms with van der Waals surface area (Å²) in [5.41, 5.74) is -1.29. The van der Waals surface area contributed by atoms with Crippen molar-refractivity contribution < 1.29 is 28.5 Å². The van der Waals surface area contributed by atoms with Gasteiger partial charge in [-0.3, -0.25) is 9.59 Å². The monoisotopic (exact) mass is 523 g/mol. The lowest BCUT2D eigenvalue weighted by molar-refractivity contribution is -0.134. The fourth-order valence-electron chi connectivity index (χ4n) is 2.95. The molecule has 158 valence electrons. The minimum absolute atomic E-state index is 0.0709. The van der Waals surface area contributed by atoms with E-state index in [1.165, 1.54) is 21.1 Å². The minimum atomic E-state index is -1.61. The van der Waals surface area contributed by atoms with Crippen molar-refractivity contribution in [2.75, 3.05) is 21.0 Å². The van der Waals surface area contributed by atoms with Gasteiger partial charge in [0.15, 0.2) is 24.1 Å². The predicted octanol–water partition coefficient (Wildman–Crippen LogP) is 4.02. The smallest absolute Gasteiger partial charge is 0.311 e. The lowest BCUT2D eigenvalue weighted by Crippen LogP contribution is -2.34. The highest BCUT2D eigenvalue weighted by atomic mass is 127. The Morgan fingerprint density at radius 1 is 1.13 bits per heavy atom. The molecule has 0 radical (unpaired) electrons. The van der Waals surface area contributed by atoms with Gasteiger partial charge in [-0.1, -0.05) is 12.1 Å². The Morgan fingerprint density at radius 3 is 2.40 bits per heavy atom. The number of hydrogen-bond acceptors (Lipinski definition) is 7. The number of nitriles is 1. The summed E-state index contributed by atoms with van der Waals surface area (Å²) >= 11 is 2.15. The summed E-state index contributed by atoms with van der Waals surface area (Å²) in [6.45, 7) is 1.22. The molecule has 0 saturated carbocycles. The molecule has 0 aliphatic carbocycles. The first-order valence-electron chi connectivity index (χ1n) is 9.05. The zero-order valence-electron chi connectivity index (χ0n) is 16.9. The number of hydrogen-bond donors (Lipinski definition) is 0. The molecule has 0 saturated heterocycles. The van der Waals surface area contributed by atoms with E-state index in [1.807, 2.05) is 12.1 Å². The Morgan fingerprint density at radius 2 is 1.83 bits per heavy atom. The number of para-hydroxylation sites is 1. The Bertz CT molecular complexity index is 938. The average Bonchev–Trinajstić information content (AvgIpc) is 2.74. The van der Waals surface area contributed by atoms with Gasteiger partial charge in [-0.15, -0.1) is 0 Å². The van der Waals surface area contributed by atoms with E-state index >= 15 is 0 Å². The highest BCUT2D eigenvalue weighted by Crippen LogP contribution is 2.41. The highest BCUT2D eigenvalue weighted by Gasteiger charge is 2.41. The standard InChI is InChI=1S/C22H22INO6/c1-15(25)22(13-24,12-11-20(26)30-17-9-7-16(23)8-10-17)18-5-4-6-19(28-3)21(18)29-14-27-2/h4-10H,11-12,14H2,1-3H3. The van der Waals surface area contributed by atoms with E-state index in [-0.39, 0.29) is 25.4 Å². The Hall–Kier alpha value is -2.64. The fraction of sp³-hybridized carbons (Fsp3) is 0.318. The maximum Gasteiger partial charge on any atom is 0.311 e. The van der Waals surface area contributed by atoms with Crippen molar-refractivity contribution in [1.29, 1.82) is 5.26 Å². The molecule has 0 spiro atoms. The van der Waals surface area contributed by atoms with Crippen molar-refractivity contribution in [3.05, 3.63) is 51.6 Å². The number of carbonyl (C=O) groups excluding carboxylic acids is 2. The number of ether oxygens (including phenoxy) is 4. The minimum Gasteiger partial charge on any atom is -0.493 e. The third kappa shape index (κ3) is 5.49. The first-order chi connectivity index (χ1) is 14.4. The molecule has 30 heavy (non-hydrogen) atoms. The lowest BCUT2D eigenvalue weighted by atomic mass is 9.74. The maximum atomic E-state index is 12.6. The summed E-state index contributed by atoms with van der Waals surface area (Å²) in [4.78, 5) is 25.0. The summed E-state index contributed by atoms with van der Waals surface area (Å²) in [6, 6.07) is 14.0. The van der Waals surface area contributed by atoms with Crippen molar-refractivity contribution in [2.45, 2.75) is 25.2 Å². The van der Waals surface area contributed by atoms with E-state index in [1.54, 1.807) is 30.3 Å². The molecule has 7 nitrogen and oxygen atoms in total. The van der Waals surface area contributed by atoms with Crippen LogP contribution >= 0.6 is 22.6 Å². The quantitative estimate of drug-likeness (QED) is 0.201. The molecule has 0 bridgehead atoms. The number of esters is 1. The van der Waals surface area contributed by atoms with Crippen LogP contribution in [0.4, 0.5) is 0 Å². The molecule has 2 aromatic rings. The highest BCUT2D eigenvalue weighted by molar-refractivity contribution is 14.1. The summed E-state index contributed by atoms with van der Waals surface area (Å²) < 4.78 is 22.2. The van der Waals surface area contributed by atoms with Gasteiger partial charge in [-0.05, 0) is 66.3 Å². The zero-order chi connectivity index (χ0) is 22.1. The van der Waals surface area contributed by atoms with Crippen LogP contribution in [-0.4, -0.2) is 32.8 Å². The van der Waals surface area contributed by atoms with E-state index < -0.39 is 17.2 Å². The topological polar surface area (TPSA) is 94.9 Å². The normalized spacial score (nSPS) is 12.4. The molecule has 2 aromatic carbocycles. The molecule has 0 aliphatic heterocycles. The molecule has 0 heterocycles. The molecule has 2 rings (SSSR count). The largest absolute Gasteiger partial charge is 0.493 e. The third-order valence-corrected chi connectivity index (χ3v) is 5.24. The van der Waals surface area contributed by atoms with E-state index in [9.17, 15) is 14.9 Å². The third-order valence-electron chi connectivity index (χ3n) is 4.52. The van der Waals surface area contributed by atoms with Crippen molar-refractivity contribution in [1.82, 2.24) is 0 Å². The molecule has 0 aromatic heterocycles. The Labute approximate surface area is 189 Å². The first-order valence-corrected chi connectivity index (χ1v) is 10.1. The second-order valence-electron chi connectivity index (χ2n) is 6.39. The van der Waals surface area contributed by atoms with Gasteiger partial charge >= 0.3 is 5.97 Å². The first kappa shape index (κ1) is 23.6. The lowest BCUT2D eigenvalue weighted by Gasteiger charge is -2.27. The number of nitrogens with zero attached hydrogens (tertiary/aromatic N) is 1. The number of rotatable bonds is 10.